The number of hydrogen-bond acceptors (Lipinski definition) is 5. The third-order valence-electron chi connectivity index (χ3n) is 5.25. The van der Waals surface area contributed by atoms with Gasteiger partial charge in [0.25, 0.3) is 5.56 Å². The monoisotopic (exact) mass is 458 g/mol. The molecule has 0 aliphatic carbocycles. The molecule has 33 heavy (non-hydrogen) atoms. The number of anilines is 1. The van der Waals surface area contributed by atoms with Crippen LogP contribution >= 0.6 is 0 Å². The summed E-state index contributed by atoms with van der Waals surface area (Å²) in [5, 5.41) is 8.49. The number of urea groups is 1. The highest BCUT2D eigenvalue weighted by Gasteiger charge is 2.34. The quantitative estimate of drug-likeness (QED) is 0.736. The number of carbonyl (C=O) groups is 1. The third-order valence-corrected chi connectivity index (χ3v) is 5.25. The van der Waals surface area contributed by atoms with Crippen molar-refractivity contribution in [3.63, 3.8) is 0 Å². The van der Waals surface area contributed by atoms with Gasteiger partial charge in [-0.15, -0.1) is 0 Å². The standard InChI is InChI=1S/C22H21F3N6O2/c1-13-20(15-4-3-5-16(10-15)28-21(33)26-12-22(23,24)25)31-9-8-14(11-18(31)27-13)17-6-7-19(32)30(2)29-17/h3-11,13,20H,12H2,1-2H3,(H2,26,28,33). The molecule has 0 saturated heterocycles. The van der Waals surface area contributed by atoms with Crippen molar-refractivity contribution < 1.29 is 18.0 Å². The molecule has 0 radical (unpaired) electrons. The first kappa shape index (κ1) is 22.3. The van der Waals surface area contributed by atoms with Gasteiger partial charge in [-0.2, -0.15) is 18.3 Å². The van der Waals surface area contributed by atoms with Crippen molar-refractivity contribution in [2.45, 2.75) is 25.2 Å². The molecule has 0 spiro atoms. The molecule has 2 unspecified atom stereocenters. The topological polar surface area (TPSA) is 91.6 Å². The van der Waals surface area contributed by atoms with Gasteiger partial charge < -0.3 is 15.5 Å². The molecule has 2 aliphatic rings. The molecule has 0 saturated carbocycles. The fourth-order valence-electron chi connectivity index (χ4n) is 3.76. The minimum Gasteiger partial charge on any atom is -0.329 e. The number of rotatable bonds is 4. The Hall–Kier alpha value is -3.89. The van der Waals surface area contributed by atoms with E-state index in [-0.39, 0.29) is 17.6 Å². The summed E-state index contributed by atoms with van der Waals surface area (Å²) >= 11 is 0. The fraction of sp³-hybridized carbons (Fsp3) is 0.273. The second-order valence-corrected chi connectivity index (χ2v) is 7.72. The van der Waals surface area contributed by atoms with Crippen LogP contribution in [-0.4, -0.2) is 45.3 Å². The Morgan fingerprint density at radius 2 is 2.00 bits per heavy atom. The number of halogens is 3. The van der Waals surface area contributed by atoms with Gasteiger partial charge in [0.15, 0.2) is 0 Å². The van der Waals surface area contributed by atoms with Gasteiger partial charge in [-0.25, -0.2) is 9.48 Å². The maximum absolute atomic E-state index is 12.3. The van der Waals surface area contributed by atoms with E-state index in [9.17, 15) is 22.8 Å². The van der Waals surface area contributed by atoms with Crippen LogP contribution in [0.5, 0.6) is 0 Å². The van der Waals surface area contributed by atoms with Crippen molar-refractivity contribution in [2.75, 3.05) is 11.9 Å². The third kappa shape index (κ3) is 4.97. The molecule has 2 N–H and O–H groups in total. The number of aryl methyl sites for hydroxylation is 1. The summed E-state index contributed by atoms with van der Waals surface area (Å²) in [6.45, 7) is 0.547. The second-order valence-electron chi connectivity index (χ2n) is 7.72. The largest absolute Gasteiger partial charge is 0.405 e. The fourth-order valence-corrected chi connectivity index (χ4v) is 3.76. The van der Waals surface area contributed by atoms with Crippen LogP contribution in [0.15, 0.2) is 64.5 Å². The minimum absolute atomic E-state index is 0.123. The van der Waals surface area contributed by atoms with Crippen LogP contribution in [0, 0.1) is 0 Å². The van der Waals surface area contributed by atoms with Crippen LogP contribution in [0.1, 0.15) is 24.2 Å². The number of amides is 2. The average molecular weight is 458 g/mol. The lowest BCUT2D eigenvalue weighted by Gasteiger charge is -2.28. The normalized spacial score (nSPS) is 19.6. The summed E-state index contributed by atoms with van der Waals surface area (Å²) < 4.78 is 38.2. The molecule has 8 nitrogen and oxygen atoms in total. The van der Waals surface area contributed by atoms with Gasteiger partial charge >= 0.3 is 12.2 Å². The van der Waals surface area contributed by atoms with Gasteiger partial charge in [-0.3, -0.25) is 9.79 Å². The van der Waals surface area contributed by atoms with Crippen molar-refractivity contribution in [1.82, 2.24) is 20.0 Å². The zero-order chi connectivity index (χ0) is 23.8. The highest BCUT2D eigenvalue weighted by atomic mass is 19.4. The highest BCUT2D eigenvalue weighted by molar-refractivity contribution is 6.04. The van der Waals surface area contributed by atoms with E-state index in [1.807, 2.05) is 36.2 Å². The zero-order valence-corrected chi connectivity index (χ0v) is 17.8. The van der Waals surface area contributed by atoms with Crippen LogP contribution < -0.4 is 16.2 Å². The molecule has 0 fully saturated rings. The predicted octanol–water partition coefficient (Wildman–Crippen LogP) is 3.22. The number of nitrogens with one attached hydrogen (secondary N) is 2. The summed E-state index contributed by atoms with van der Waals surface area (Å²) in [7, 11) is 1.58. The summed E-state index contributed by atoms with van der Waals surface area (Å²) in [5.74, 6) is 0.724. The molecule has 0 bridgehead atoms. The lowest BCUT2D eigenvalue weighted by Crippen LogP contribution is -2.36. The number of amidine groups is 1. The Labute approximate surface area is 187 Å². The molecule has 4 rings (SSSR count). The van der Waals surface area contributed by atoms with Crippen molar-refractivity contribution in [3.05, 3.63) is 76.4 Å². The van der Waals surface area contributed by atoms with Gasteiger partial charge in [0.05, 0.1) is 17.8 Å². The number of fused-ring (bicyclic) bond motifs is 1. The van der Waals surface area contributed by atoms with E-state index in [4.69, 9.17) is 4.99 Å². The SMILES string of the molecule is CC1N=C2C=C(c3ccc(=O)n(C)n3)C=CN2C1c1cccc(NC(=O)NCC(F)(F)F)c1. The van der Waals surface area contributed by atoms with Crippen molar-refractivity contribution >= 4 is 23.1 Å². The molecule has 2 aromatic rings. The molecular weight excluding hydrogens is 437 g/mol. The summed E-state index contributed by atoms with van der Waals surface area (Å²) in [6, 6.07) is 8.81. The van der Waals surface area contributed by atoms with Crippen molar-refractivity contribution in [3.8, 4) is 0 Å². The van der Waals surface area contributed by atoms with Gasteiger partial charge in [0, 0.05) is 30.6 Å². The van der Waals surface area contributed by atoms with E-state index in [1.165, 1.54) is 10.7 Å². The molecule has 1 aromatic heterocycles. The lowest BCUT2D eigenvalue weighted by atomic mass is 9.99. The van der Waals surface area contributed by atoms with Crippen molar-refractivity contribution in [1.29, 1.82) is 0 Å². The first-order valence-electron chi connectivity index (χ1n) is 10.1. The van der Waals surface area contributed by atoms with Gasteiger partial charge in [-0.1, -0.05) is 12.1 Å². The Balaban J connectivity index is 1.51. The Morgan fingerprint density at radius 1 is 1.21 bits per heavy atom. The van der Waals surface area contributed by atoms with E-state index >= 15 is 0 Å². The summed E-state index contributed by atoms with van der Waals surface area (Å²) in [6.07, 6.45) is 1.16. The first-order chi connectivity index (χ1) is 15.6. The molecular formula is C22H21F3N6O2. The predicted molar refractivity (Wildman–Crippen MR) is 118 cm³/mol. The Kier molecular flexibility index (Phi) is 5.79. The summed E-state index contributed by atoms with van der Waals surface area (Å²) in [4.78, 5) is 30.1. The van der Waals surface area contributed by atoms with Gasteiger partial charge in [0.2, 0.25) is 0 Å². The van der Waals surface area contributed by atoms with E-state index in [1.54, 1.807) is 36.6 Å². The van der Waals surface area contributed by atoms with E-state index in [0.717, 1.165) is 17.0 Å². The smallest absolute Gasteiger partial charge is 0.329 e. The van der Waals surface area contributed by atoms with Gasteiger partial charge in [0.1, 0.15) is 12.4 Å². The number of alkyl halides is 3. The van der Waals surface area contributed by atoms with Crippen LogP contribution in [0.25, 0.3) is 5.57 Å². The van der Waals surface area contributed by atoms with Crippen LogP contribution in [0.3, 0.4) is 0 Å². The molecule has 3 heterocycles. The molecule has 2 amide bonds. The maximum atomic E-state index is 12.3. The van der Waals surface area contributed by atoms with E-state index in [2.05, 4.69) is 10.4 Å². The number of carbonyl (C=O) groups excluding carboxylic acids is 1. The molecule has 2 aliphatic heterocycles. The molecule has 1 aromatic carbocycles. The minimum atomic E-state index is -4.48. The number of nitrogens with zero attached hydrogens (tertiary/aromatic N) is 4. The molecule has 2 atom stereocenters. The number of hydrogen-bond donors (Lipinski definition) is 2. The average Bonchev–Trinajstić information content (AvgIpc) is 3.09. The molecule has 172 valence electrons. The number of aliphatic imine (C=N–C) groups is 1. The Bertz CT molecular complexity index is 1230. The zero-order valence-electron chi connectivity index (χ0n) is 17.8. The van der Waals surface area contributed by atoms with E-state index in [0.29, 0.717) is 11.4 Å². The number of aromatic nitrogens is 2. The second kappa shape index (κ2) is 8.57. The maximum Gasteiger partial charge on any atom is 0.405 e. The van der Waals surface area contributed by atoms with Crippen LogP contribution in [0.4, 0.5) is 23.7 Å². The Morgan fingerprint density at radius 3 is 2.73 bits per heavy atom. The first-order valence-corrected chi connectivity index (χ1v) is 10.1. The van der Waals surface area contributed by atoms with Gasteiger partial charge in [-0.05, 0) is 42.8 Å². The number of benzene rings is 1. The summed E-state index contributed by atoms with van der Waals surface area (Å²) in [5.41, 5.74) is 2.47. The molecule has 11 heteroatoms. The van der Waals surface area contributed by atoms with E-state index < -0.39 is 18.8 Å². The van der Waals surface area contributed by atoms with Crippen molar-refractivity contribution in [2.24, 2.45) is 12.0 Å². The number of allylic oxidation sites excluding steroid dienone is 2. The van der Waals surface area contributed by atoms with Crippen LogP contribution in [-0.2, 0) is 7.05 Å². The lowest BCUT2D eigenvalue weighted by molar-refractivity contribution is -0.122. The highest BCUT2D eigenvalue weighted by Crippen LogP contribution is 2.36. The van der Waals surface area contributed by atoms with Crippen LogP contribution in [0.2, 0.25) is 0 Å².